The van der Waals surface area contributed by atoms with E-state index in [9.17, 15) is 18.4 Å². The second-order valence-electron chi connectivity index (χ2n) is 5.95. The van der Waals surface area contributed by atoms with E-state index in [0.717, 1.165) is 28.6 Å². The quantitative estimate of drug-likeness (QED) is 0.533. The third kappa shape index (κ3) is 4.56. The van der Waals surface area contributed by atoms with E-state index in [1.807, 2.05) is 24.3 Å². The number of pyridine rings is 1. The maximum absolute atomic E-state index is 13.6. The summed E-state index contributed by atoms with van der Waals surface area (Å²) in [5.74, 6) is -3.16. The summed E-state index contributed by atoms with van der Waals surface area (Å²) >= 11 is 0. The van der Waals surface area contributed by atoms with Gasteiger partial charge >= 0.3 is 5.97 Å². The molecule has 0 saturated heterocycles. The monoisotopic (exact) mass is 382 g/mol. The van der Waals surface area contributed by atoms with Crippen molar-refractivity contribution in [2.45, 2.75) is 13.0 Å². The Hall–Kier alpha value is -3.61. The van der Waals surface area contributed by atoms with Crippen LogP contribution in [0.25, 0.3) is 17.0 Å². The number of carbonyl (C=O) groups excluding carboxylic acids is 2. The van der Waals surface area contributed by atoms with Crippen molar-refractivity contribution >= 4 is 34.5 Å². The molecule has 1 amide bonds. The maximum Gasteiger partial charge on any atom is 0.331 e. The van der Waals surface area contributed by atoms with Crippen LogP contribution in [-0.4, -0.2) is 23.0 Å². The predicted octanol–water partition coefficient (Wildman–Crippen LogP) is 4.10. The van der Waals surface area contributed by atoms with Gasteiger partial charge in [-0.2, -0.15) is 0 Å². The van der Waals surface area contributed by atoms with Gasteiger partial charge < -0.3 is 10.1 Å². The van der Waals surface area contributed by atoms with Crippen LogP contribution in [0.3, 0.4) is 0 Å². The number of carbonyl (C=O) groups is 2. The van der Waals surface area contributed by atoms with Gasteiger partial charge in [0.1, 0.15) is 11.6 Å². The number of amides is 1. The van der Waals surface area contributed by atoms with E-state index in [1.165, 1.54) is 13.0 Å². The van der Waals surface area contributed by atoms with Crippen LogP contribution in [0.2, 0.25) is 0 Å². The van der Waals surface area contributed by atoms with E-state index in [4.69, 9.17) is 4.74 Å². The van der Waals surface area contributed by atoms with Gasteiger partial charge in [-0.25, -0.2) is 13.6 Å². The van der Waals surface area contributed by atoms with Gasteiger partial charge in [0.25, 0.3) is 5.91 Å². The molecule has 5 nitrogen and oxygen atoms in total. The molecule has 2 aromatic carbocycles. The van der Waals surface area contributed by atoms with Crippen molar-refractivity contribution in [3.05, 3.63) is 78.0 Å². The topological polar surface area (TPSA) is 68.3 Å². The van der Waals surface area contributed by atoms with Crippen LogP contribution >= 0.6 is 0 Å². The zero-order chi connectivity index (χ0) is 20.1. The number of benzene rings is 2. The van der Waals surface area contributed by atoms with E-state index in [1.54, 1.807) is 18.3 Å². The first-order valence-electron chi connectivity index (χ1n) is 8.42. The lowest BCUT2D eigenvalue weighted by Gasteiger charge is -2.12. The molecule has 0 fully saturated rings. The molecule has 0 bridgehead atoms. The Morgan fingerprint density at radius 3 is 2.71 bits per heavy atom. The maximum atomic E-state index is 13.6. The van der Waals surface area contributed by atoms with E-state index in [2.05, 4.69) is 10.3 Å². The van der Waals surface area contributed by atoms with Crippen LogP contribution in [0.15, 0.2) is 60.8 Å². The summed E-state index contributed by atoms with van der Waals surface area (Å²) in [6.07, 6.45) is 3.21. The zero-order valence-corrected chi connectivity index (χ0v) is 14.9. The SMILES string of the molecule is CC(OC(=O)/C=C/c1cccc2cccnc12)C(=O)Nc1ccc(F)cc1F. The summed E-state index contributed by atoms with van der Waals surface area (Å²) in [7, 11) is 0. The van der Waals surface area contributed by atoms with E-state index in [0.29, 0.717) is 6.07 Å². The highest BCUT2D eigenvalue weighted by atomic mass is 19.1. The van der Waals surface area contributed by atoms with Crippen LogP contribution in [-0.2, 0) is 14.3 Å². The average molecular weight is 382 g/mol. The zero-order valence-electron chi connectivity index (χ0n) is 14.9. The van der Waals surface area contributed by atoms with Crippen LogP contribution in [0.4, 0.5) is 14.5 Å². The minimum atomic E-state index is -1.17. The van der Waals surface area contributed by atoms with Gasteiger partial charge in [0.15, 0.2) is 6.10 Å². The standard InChI is InChI=1S/C21H16F2N2O3/c1-13(21(27)25-18-9-8-16(22)12-17(18)23)28-19(26)10-7-15-5-2-4-14-6-3-11-24-20(14)15/h2-13H,1H3,(H,25,27)/b10-7+. The number of fused-ring (bicyclic) bond motifs is 1. The fourth-order valence-electron chi connectivity index (χ4n) is 2.51. The molecule has 1 N–H and O–H groups in total. The molecular formula is C21H16F2N2O3. The van der Waals surface area contributed by atoms with Gasteiger partial charge in [-0.15, -0.1) is 0 Å². The number of halogens is 2. The average Bonchev–Trinajstić information content (AvgIpc) is 2.68. The number of anilines is 1. The molecule has 0 spiro atoms. The van der Waals surface area contributed by atoms with Crippen molar-refractivity contribution in [2.24, 2.45) is 0 Å². The number of nitrogens with zero attached hydrogens (tertiary/aromatic N) is 1. The Kier molecular flexibility index (Phi) is 5.74. The molecule has 142 valence electrons. The van der Waals surface area contributed by atoms with Crippen LogP contribution < -0.4 is 5.32 Å². The predicted molar refractivity (Wildman–Crippen MR) is 101 cm³/mol. The molecule has 0 aliphatic carbocycles. The van der Waals surface area contributed by atoms with Crippen molar-refractivity contribution < 1.29 is 23.1 Å². The minimum absolute atomic E-state index is 0.202. The summed E-state index contributed by atoms with van der Waals surface area (Å²) in [6.45, 7) is 1.35. The number of nitrogens with one attached hydrogen (secondary N) is 1. The summed E-state index contributed by atoms with van der Waals surface area (Å²) < 4.78 is 31.5. The largest absolute Gasteiger partial charge is 0.449 e. The first kappa shape index (κ1) is 19.2. The van der Waals surface area contributed by atoms with Crippen molar-refractivity contribution in [3.8, 4) is 0 Å². The van der Waals surface area contributed by atoms with Crippen molar-refractivity contribution in [2.75, 3.05) is 5.32 Å². The smallest absolute Gasteiger partial charge is 0.331 e. The van der Waals surface area contributed by atoms with Crippen LogP contribution in [0.1, 0.15) is 12.5 Å². The third-order valence-electron chi connectivity index (χ3n) is 3.91. The molecule has 7 heteroatoms. The van der Waals surface area contributed by atoms with Gasteiger partial charge in [-0.05, 0) is 31.2 Å². The van der Waals surface area contributed by atoms with E-state index >= 15 is 0 Å². The lowest BCUT2D eigenvalue weighted by molar-refractivity contribution is -0.148. The van der Waals surface area contributed by atoms with Gasteiger partial charge in [0.05, 0.1) is 11.2 Å². The lowest BCUT2D eigenvalue weighted by atomic mass is 10.1. The Morgan fingerprint density at radius 1 is 1.14 bits per heavy atom. The lowest BCUT2D eigenvalue weighted by Crippen LogP contribution is -2.29. The van der Waals surface area contributed by atoms with Crippen LogP contribution in [0, 0.1) is 11.6 Å². The molecular weight excluding hydrogens is 366 g/mol. The molecule has 0 saturated carbocycles. The number of ether oxygens (including phenoxy) is 1. The molecule has 3 rings (SSSR count). The number of esters is 1. The van der Waals surface area contributed by atoms with Crippen molar-refractivity contribution in [1.82, 2.24) is 4.98 Å². The molecule has 1 atom stereocenters. The fourth-order valence-corrected chi connectivity index (χ4v) is 2.51. The fraction of sp³-hybridized carbons (Fsp3) is 0.0952. The normalized spacial score (nSPS) is 12.1. The second kappa shape index (κ2) is 8.39. The van der Waals surface area contributed by atoms with Gasteiger partial charge in [0, 0.05) is 29.3 Å². The summed E-state index contributed by atoms with van der Waals surface area (Å²) in [5.41, 5.74) is 1.25. The number of rotatable bonds is 5. The Morgan fingerprint density at radius 2 is 1.93 bits per heavy atom. The van der Waals surface area contributed by atoms with Gasteiger partial charge in [0.2, 0.25) is 0 Å². The summed E-state index contributed by atoms with van der Waals surface area (Å²) in [4.78, 5) is 28.3. The first-order valence-corrected chi connectivity index (χ1v) is 8.42. The minimum Gasteiger partial charge on any atom is -0.449 e. The molecule has 1 unspecified atom stereocenters. The molecule has 0 radical (unpaired) electrons. The highest BCUT2D eigenvalue weighted by Gasteiger charge is 2.18. The Labute approximate surface area is 159 Å². The highest BCUT2D eigenvalue weighted by molar-refractivity contribution is 5.97. The number of aromatic nitrogens is 1. The molecule has 3 aromatic rings. The van der Waals surface area contributed by atoms with Crippen molar-refractivity contribution in [3.63, 3.8) is 0 Å². The summed E-state index contributed by atoms with van der Waals surface area (Å²) in [6, 6.07) is 12.0. The number of hydrogen-bond donors (Lipinski definition) is 1. The first-order chi connectivity index (χ1) is 13.4. The van der Waals surface area contributed by atoms with E-state index < -0.39 is 29.6 Å². The molecule has 0 aliphatic rings. The van der Waals surface area contributed by atoms with Gasteiger partial charge in [-0.1, -0.05) is 24.3 Å². The van der Waals surface area contributed by atoms with Gasteiger partial charge in [-0.3, -0.25) is 9.78 Å². The molecule has 1 heterocycles. The second-order valence-corrected chi connectivity index (χ2v) is 5.95. The molecule has 1 aromatic heterocycles. The molecule has 0 aliphatic heterocycles. The number of para-hydroxylation sites is 1. The molecule has 28 heavy (non-hydrogen) atoms. The Balaban J connectivity index is 1.63. The third-order valence-corrected chi connectivity index (χ3v) is 3.91. The summed E-state index contributed by atoms with van der Waals surface area (Å²) in [5, 5.41) is 3.17. The van der Waals surface area contributed by atoms with E-state index in [-0.39, 0.29) is 5.69 Å². The highest BCUT2D eigenvalue weighted by Crippen LogP contribution is 2.18. The van der Waals surface area contributed by atoms with Crippen molar-refractivity contribution in [1.29, 1.82) is 0 Å². The number of hydrogen-bond acceptors (Lipinski definition) is 4. The Bertz CT molecular complexity index is 1060. The van der Waals surface area contributed by atoms with Crippen LogP contribution in [0.5, 0.6) is 0 Å².